The zero-order valence-electron chi connectivity index (χ0n) is 16.4. The SMILES string of the molecule is Cc1nc2ccc(C(=O)O[C@H](C)C(=O)NC3(C#N)CCCCC3)cc2nc1C. The number of carbonyl (C=O) groups excluding carboxylic acids is 2. The van der Waals surface area contributed by atoms with E-state index in [1.807, 2.05) is 13.8 Å². The molecule has 1 N–H and O–H groups in total. The third-order valence-corrected chi connectivity index (χ3v) is 5.25. The summed E-state index contributed by atoms with van der Waals surface area (Å²) in [5, 5.41) is 12.3. The summed E-state index contributed by atoms with van der Waals surface area (Å²) in [7, 11) is 0. The van der Waals surface area contributed by atoms with E-state index < -0.39 is 23.5 Å². The van der Waals surface area contributed by atoms with Gasteiger partial charge in [0.25, 0.3) is 5.91 Å². The van der Waals surface area contributed by atoms with E-state index in [2.05, 4.69) is 21.4 Å². The normalized spacial score (nSPS) is 16.8. The summed E-state index contributed by atoms with van der Waals surface area (Å²) < 4.78 is 5.32. The smallest absolute Gasteiger partial charge is 0.338 e. The monoisotopic (exact) mass is 380 g/mol. The molecule has 0 saturated heterocycles. The quantitative estimate of drug-likeness (QED) is 0.817. The number of fused-ring (bicyclic) bond motifs is 1. The van der Waals surface area contributed by atoms with Crippen LogP contribution in [0, 0.1) is 25.2 Å². The van der Waals surface area contributed by atoms with Crippen molar-refractivity contribution in [3.05, 3.63) is 35.2 Å². The fourth-order valence-corrected chi connectivity index (χ4v) is 3.40. The lowest BCUT2D eigenvalue weighted by Gasteiger charge is -2.32. The molecule has 3 rings (SSSR count). The molecule has 1 aliphatic rings. The summed E-state index contributed by atoms with van der Waals surface area (Å²) in [6.45, 7) is 5.25. The number of esters is 1. The fraction of sp³-hybridized carbons (Fsp3) is 0.476. The number of aromatic nitrogens is 2. The molecule has 1 atom stereocenters. The average Bonchev–Trinajstić information content (AvgIpc) is 2.69. The molecule has 1 aromatic carbocycles. The molecule has 0 unspecified atom stereocenters. The average molecular weight is 380 g/mol. The summed E-state index contributed by atoms with van der Waals surface area (Å²) in [6.07, 6.45) is 3.11. The van der Waals surface area contributed by atoms with Crippen molar-refractivity contribution in [1.82, 2.24) is 15.3 Å². The molecule has 0 bridgehead atoms. The number of amides is 1. The summed E-state index contributed by atoms with van der Waals surface area (Å²) in [5.41, 5.74) is 2.36. The van der Waals surface area contributed by atoms with Gasteiger partial charge in [0, 0.05) is 0 Å². The van der Waals surface area contributed by atoms with Crippen molar-refractivity contribution in [3.8, 4) is 6.07 Å². The van der Waals surface area contributed by atoms with Gasteiger partial charge in [-0.25, -0.2) is 14.8 Å². The Morgan fingerprint density at radius 1 is 1.14 bits per heavy atom. The molecule has 0 spiro atoms. The molecule has 1 amide bonds. The highest BCUT2D eigenvalue weighted by Gasteiger charge is 2.35. The highest BCUT2D eigenvalue weighted by Crippen LogP contribution is 2.27. The van der Waals surface area contributed by atoms with Crippen molar-refractivity contribution in [2.75, 3.05) is 0 Å². The van der Waals surface area contributed by atoms with Gasteiger partial charge in [0.2, 0.25) is 0 Å². The van der Waals surface area contributed by atoms with Crippen molar-refractivity contribution < 1.29 is 14.3 Å². The third kappa shape index (κ3) is 4.11. The van der Waals surface area contributed by atoms with Gasteiger partial charge in [0.05, 0.1) is 34.1 Å². The fourth-order valence-electron chi connectivity index (χ4n) is 3.40. The van der Waals surface area contributed by atoms with Crippen LogP contribution >= 0.6 is 0 Å². The maximum atomic E-state index is 12.5. The lowest BCUT2D eigenvalue weighted by Crippen LogP contribution is -2.52. The molecule has 7 nitrogen and oxygen atoms in total. The molecule has 28 heavy (non-hydrogen) atoms. The Morgan fingerprint density at radius 3 is 2.43 bits per heavy atom. The number of aryl methyl sites for hydroxylation is 2. The predicted octanol–water partition coefficient (Wildman–Crippen LogP) is 3.13. The zero-order valence-corrected chi connectivity index (χ0v) is 16.4. The topological polar surface area (TPSA) is 105 Å². The van der Waals surface area contributed by atoms with Crippen LogP contribution in [-0.4, -0.2) is 33.5 Å². The Labute approximate surface area is 164 Å². The molecule has 1 aliphatic carbocycles. The van der Waals surface area contributed by atoms with E-state index in [-0.39, 0.29) is 0 Å². The maximum absolute atomic E-state index is 12.5. The molecule has 146 valence electrons. The van der Waals surface area contributed by atoms with Crippen LogP contribution in [0.1, 0.15) is 60.8 Å². The van der Waals surface area contributed by atoms with Crippen molar-refractivity contribution in [2.24, 2.45) is 0 Å². The number of hydrogen-bond acceptors (Lipinski definition) is 6. The first-order chi connectivity index (χ1) is 13.3. The Kier molecular flexibility index (Phi) is 5.59. The molecular formula is C21H24N4O3. The second kappa shape index (κ2) is 7.93. The highest BCUT2D eigenvalue weighted by atomic mass is 16.5. The minimum Gasteiger partial charge on any atom is -0.449 e. The standard InChI is InChI=1S/C21H24N4O3/c1-13-14(2)24-18-11-16(7-8-17(18)23-13)20(27)28-15(3)19(26)25-21(12-22)9-5-4-6-10-21/h7-8,11,15H,4-6,9-10H2,1-3H3,(H,25,26)/t15-/m1/s1. The van der Waals surface area contributed by atoms with Crippen LogP contribution < -0.4 is 5.32 Å². The first kappa shape index (κ1) is 19.7. The number of nitriles is 1. The predicted molar refractivity (Wildman–Crippen MR) is 103 cm³/mol. The van der Waals surface area contributed by atoms with Gasteiger partial charge in [-0.2, -0.15) is 5.26 Å². The first-order valence-corrected chi connectivity index (χ1v) is 9.53. The number of nitrogens with zero attached hydrogens (tertiary/aromatic N) is 3. The van der Waals surface area contributed by atoms with Gasteiger partial charge in [0.1, 0.15) is 5.54 Å². The lowest BCUT2D eigenvalue weighted by molar-refractivity contribution is -0.130. The molecule has 1 aromatic heterocycles. The number of rotatable bonds is 4. The summed E-state index contributed by atoms with van der Waals surface area (Å²) in [4.78, 5) is 33.8. The van der Waals surface area contributed by atoms with E-state index in [0.717, 1.165) is 30.7 Å². The van der Waals surface area contributed by atoms with E-state index in [4.69, 9.17) is 4.74 Å². The van der Waals surface area contributed by atoms with Crippen LogP contribution in [0.4, 0.5) is 0 Å². The summed E-state index contributed by atoms with van der Waals surface area (Å²) in [5.74, 6) is -1.07. The van der Waals surface area contributed by atoms with Gasteiger partial charge < -0.3 is 10.1 Å². The first-order valence-electron chi connectivity index (χ1n) is 9.53. The molecule has 0 aliphatic heterocycles. The van der Waals surface area contributed by atoms with Crippen LogP contribution in [0.15, 0.2) is 18.2 Å². The minimum atomic E-state index is -0.999. The molecule has 1 fully saturated rings. The molecular weight excluding hydrogens is 356 g/mol. The van der Waals surface area contributed by atoms with Gasteiger partial charge >= 0.3 is 5.97 Å². The number of hydrogen-bond donors (Lipinski definition) is 1. The van der Waals surface area contributed by atoms with Crippen LogP contribution in [0.2, 0.25) is 0 Å². The van der Waals surface area contributed by atoms with Crippen LogP contribution in [0.3, 0.4) is 0 Å². The van der Waals surface area contributed by atoms with Gasteiger partial charge in [-0.3, -0.25) is 4.79 Å². The van der Waals surface area contributed by atoms with E-state index >= 15 is 0 Å². The Hall–Kier alpha value is -3.01. The summed E-state index contributed by atoms with van der Waals surface area (Å²) in [6, 6.07) is 7.16. The van der Waals surface area contributed by atoms with Crippen molar-refractivity contribution in [2.45, 2.75) is 64.5 Å². The number of ether oxygens (including phenoxy) is 1. The van der Waals surface area contributed by atoms with Crippen LogP contribution in [0.25, 0.3) is 11.0 Å². The van der Waals surface area contributed by atoms with Crippen molar-refractivity contribution >= 4 is 22.9 Å². The number of benzene rings is 1. The second-order valence-electron chi connectivity index (χ2n) is 7.39. The Bertz CT molecular complexity index is 958. The van der Waals surface area contributed by atoms with Crippen LogP contribution in [0.5, 0.6) is 0 Å². The number of nitrogens with one attached hydrogen (secondary N) is 1. The molecule has 1 saturated carbocycles. The zero-order chi connectivity index (χ0) is 20.3. The van der Waals surface area contributed by atoms with E-state index in [0.29, 0.717) is 29.4 Å². The Morgan fingerprint density at radius 2 is 1.79 bits per heavy atom. The minimum absolute atomic E-state index is 0.303. The van der Waals surface area contributed by atoms with Gasteiger partial charge in [-0.05, 0) is 51.8 Å². The second-order valence-corrected chi connectivity index (χ2v) is 7.39. The Balaban J connectivity index is 1.69. The molecule has 7 heteroatoms. The van der Waals surface area contributed by atoms with E-state index in [9.17, 15) is 14.9 Å². The highest BCUT2D eigenvalue weighted by molar-refractivity contribution is 5.95. The van der Waals surface area contributed by atoms with E-state index in [1.54, 1.807) is 18.2 Å². The van der Waals surface area contributed by atoms with Gasteiger partial charge in [-0.1, -0.05) is 19.3 Å². The van der Waals surface area contributed by atoms with E-state index in [1.165, 1.54) is 6.92 Å². The summed E-state index contributed by atoms with van der Waals surface area (Å²) >= 11 is 0. The van der Waals surface area contributed by atoms with Crippen LogP contribution in [-0.2, 0) is 9.53 Å². The molecule has 1 heterocycles. The third-order valence-electron chi connectivity index (χ3n) is 5.25. The number of carbonyl (C=O) groups is 2. The van der Waals surface area contributed by atoms with Crippen molar-refractivity contribution in [3.63, 3.8) is 0 Å². The molecule has 0 radical (unpaired) electrons. The largest absolute Gasteiger partial charge is 0.449 e. The maximum Gasteiger partial charge on any atom is 0.338 e. The van der Waals surface area contributed by atoms with Gasteiger partial charge in [-0.15, -0.1) is 0 Å². The lowest BCUT2D eigenvalue weighted by atomic mass is 9.83. The van der Waals surface area contributed by atoms with Gasteiger partial charge in [0.15, 0.2) is 6.10 Å². The van der Waals surface area contributed by atoms with Crippen molar-refractivity contribution in [1.29, 1.82) is 5.26 Å². The molecule has 2 aromatic rings.